The van der Waals surface area contributed by atoms with Gasteiger partial charge in [-0.15, -0.1) is 0 Å². The fourth-order valence-electron chi connectivity index (χ4n) is 2.35. The number of aldehydes is 1. The predicted molar refractivity (Wildman–Crippen MR) is 71.5 cm³/mol. The summed E-state index contributed by atoms with van der Waals surface area (Å²) in [5.41, 5.74) is 1.53. The molecule has 2 aromatic rings. The number of benzene rings is 1. The van der Waals surface area contributed by atoms with Crippen LogP contribution in [0.1, 0.15) is 42.5 Å². The average Bonchev–Trinajstić information content (AvgIpc) is 3.02. The molecule has 6 heteroatoms. The van der Waals surface area contributed by atoms with Gasteiger partial charge in [0, 0.05) is 5.69 Å². The molecule has 1 aromatic heterocycles. The second kappa shape index (κ2) is 4.72. The van der Waals surface area contributed by atoms with Crippen LogP contribution in [0.3, 0.4) is 0 Å². The minimum Gasteiger partial charge on any atom is -0.354 e. The maximum Gasteiger partial charge on any atom is 0.261 e. The van der Waals surface area contributed by atoms with Crippen molar-refractivity contribution in [3.8, 4) is 6.07 Å². The number of H-pyrrole nitrogens is 1. The van der Waals surface area contributed by atoms with E-state index in [1.54, 1.807) is 24.3 Å². The van der Waals surface area contributed by atoms with Crippen molar-refractivity contribution in [3.05, 3.63) is 58.4 Å². The third-order valence-electron chi connectivity index (χ3n) is 3.35. The molecule has 0 bridgehead atoms. The largest absolute Gasteiger partial charge is 0.354 e. The molecule has 1 aliphatic heterocycles. The van der Waals surface area contributed by atoms with Crippen LogP contribution in [0.15, 0.2) is 30.3 Å². The number of imide groups is 1. The number of hydrogen-bond acceptors (Lipinski definition) is 4. The number of nitrogens with one attached hydrogen (secondary N) is 1. The van der Waals surface area contributed by atoms with E-state index >= 15 is 0 Å². The Bertz CT molecular complexity index is 779. The molecule has 1 N–H and O–H groups in total. The van der Waals surface area contributed by atoms with Crippen LogP contribution in [-0.4, -0.2) is 28.0 Å². The second-order valence-electron chi connectivity index (χ2n) is 4.59. The molecule has 1 aromatic carbocycles. The van der Waals surface area contributed by atoms with Crippen LogP contribution in [0.2, 0.25) is 0 Å². The lowest BCUT2D eigenvalue weighted by molar-refractivity contribution is 0.0640. The van der Waals surface area contributed by atoms with Crippen LogP contribution in [0.5, 0.6) is 0 Å². The van der Waals surface area contributed by atoms with E-state index in [1.165, 1.54) is 6.07 Å². The third-order valence-corrected chi connectivity index (χ3v) is 3.35. The van der Waals surface area contributed by atoms with Gasteiger partial charge in [-0.2, -0.15) is 5.26 Å². The van der Waals surface area contributed by atoms with Crippen LogP contribution in [0.25, 0.3) is 0 Å². The highest BCUT2D eigenvalue weighted by atomic mass is 16.2. The fraction of sp³-hybridized carbons (Fsp3) is 0.0667. The van der Waals surface area contributed by atoms with Gasteiger partial charge in [-0.25, -0.2) is 0 Å². The number of carbonyl (C=O) groups is 3. The molecule has 0 radical (unpaired) electrons. The maximum absolute atomic E-state index is 12.2. The molecule has 0 saturated carbocycles. The molecule has 3 rings (SSSR count). The van der Waals surface area contributed by atoms with Gasteiger partial charge in [-0.05, 0) is 18.2 Å². The zero-order valence-electron chi connectivity index (χ0n) is 10.8. The van der Waals surface area contributed by atoms with Crippen molar-refractivity contribution in [2.45, 2.75) is 6.54 Å². The van der Waals surface area contributed by atoms with Crippen LogP contribution in [0.4, 0.5) is 0 Å². The summed E-state index contributed by atoms with van der Waals surface area (Å²) in [6, 6.07) is 9.93. The molecule has 0 saturated heterocycles. The molecule has 0 spiro atoms. The van der Waals surface area contributed by atoms with E-state index in [1.807, 2.05) is 6.07 Å². The number of nitrogens with zero attached hydrogens (tertiary/aromatic N) is 2. The SMILES string of the molecule is N#Cc1cc(CN2C(=O)c3ccccc3C2=O)[nH]c1C=O. The van der Waals surface area contributed by atoms with Gasteiger partial charge in [0.15, 0.2) is 6.29 Å². The first-order valence-corrected chi connectivity index (χ1v) is 6.18. The van der Waals surface area contributed by atoms with Gasteiger partial charge in [-0.1, -0.05) is 12.1 Å². The van der Waals surface area contributed by atoms with Crippen LogP contribution in [-0.2, 0) is 6.54 Å². The molecule has 0 atom stereocenters. The number of fused-ring (bicyclic) bond motifs is 1. The van der Waals surface area contributed by atoms with Crippen LogP contribution in [0, 0.1) is 11.3 Å². The fourth-order valence-corrected chi connectivity index (χ4v) is 2.35. The summed E-state index contributed by atoms with van der Waals surface area (Å²) in [6.07, 6.45) is 0.532. The topological polar surface area (TPSA) is 94.0 Å². The standard InChI is InChI=1S/C15H9N3O3/c16-6-9-5-10(17-13(9)8-19)7-18-14(20)11-3-1-2-4-12(11)15(18)21/h1-5,8,17H,7H2. The second-order valence-corrected chi connectivity index (χ2v) is 4.59. The zero-order chi connectivity index (χ0) is 15.0. The number of rotatable bonds is 3. The van der Waals surface area contributed by atoms with Crippen molar-refractivity contribution in [1.29, 1.82) is 5.26 Å². The summed E-state index contributed by atoms with van der Waals surface area (Å²) in [5.74, 6) is -0.757. The highest BCUT2D eigenvalue weighted by Crippen LogP contribution is 2.24. The molecular weight excluding hydrogens is 270 g/mol. The Labute approximate surface area is 119 Å². The van der Waals surface area contributed by atoms with E-state index in [2.05, 4.69) is 4.98 Å². The Morgan fingerprint density at radius 2 is 1.81 bits per heavy atom. The zero-order valence-corrected chi connectivity index (χ0v) is 10.8. The number of amides is 2. The Kier molecular flexibility index (Phi) is 2.88. The Hall–Kier alpha value is -3.20. The number of aromatic nitrogens is 1. The highest BCUT2D eigenvalue weighted by molar-refractivity contribution is 6.21. The average molecular weight is 279 g/mol. The number of hydrogen-bond donors (Lipinski definition) is 1. The lowest BCUT2D eigenvalue weighted by Gasteiger charge is -2.12. The number of nitriles is 1. The van der Waals surface area contributed by atoms with Gasteiger partial charge < -0.3 is 4.98 Å². The van der Waals surface area contributed by atoms with Gasteiger partial charge >= 0.3 is 0 Å². The smallest absolute Gasteiger partial charge is 0.261 e. The molecule has 0 fully saturated rings. The van der Waals surface area contributed by atoms with E-state index < -0.39 is 0 Å². The van der Waals surface area contributed by atoms with Crippen LogP contribution < -0.4 is 0 Å². The molecule has 0 aliphatic carbocycles. The van der Waals surface area contributed by atoms with Crippen molar-refractivity contribution in [3.63, 3.8) is 0 Å². The lowest BCUT2D eigenvalue weighted by atomic mass is 10.1. The monoisotopic (exact) mass is 279 g/mol. The summed E-state index contributed by atoms with van der Waals surface area (Å²) in [5, 5.41) is 8.89. The normalized spacial score (nSPS) is 13.2. The van der Waals surface area contributed by atoms with Gasteiger partial charge in [0.25, 0.3) is 11.8 Å². The number of carbonyl (C=O) groups excluding carboxylic acids is 3. The molecule has 0 unspecified atom stereocenters. The highest BCUT2D eigenvalue weighted by Gasteiger charge is 2.35. The molecule has 21 heavy (non-hydrogen) atoms. The summed E-state index contributed by atoms with van der Waals surface area (Å²) in [7, 11) is 0. The quantitative estimate of drug-likeness (QED) is 0.680. The van der Waals surface area contributed by atoms with E-state index in [9.17, 15) is 14.4 Å². The third kappa shape index (κ3) is 1.92. The summed E-state index contributed by atoms with van der Waals surface area (Å²) < 4.78 is 0. The van der Waals surface area contributed by atoms with Gasteiger partial charge in [0.05, 0.1) is 28.9 Å². The number of aromatic amines is 1. The van der Waals surface area contributed by atoms with E-state index in [0.717, 1.165) is 4.90 Å². The van der Waals surface area contributed by atoms with E-state index in [-0.39, 0.29) is 29.6 Å². The Balaban J connectivity index is 1.92. The summed E-state index contributed by atoms with van der Waals surface area (Å²) in [4.78, 5) is 39.0. The Morgan fingerprint density at radius 1 is 1.19 bits per heavy atom. The van der Waals surface area contributed by atoms with Gasteiger partial charge in [-0.3, -0.25) is 19.3 Å². The molecule has 1 aliphatic rings. The predicted octanol–water partition coefficient (Wildman–Crippen LogP) is 1.50. The van der Waals surface area contributed by atoms with E-state index in [4.69, 9.17) is 5.26 Å². The van der Waals surface area contributed by atoms with Crippen molar-refractivity contribution in [2.75, 3.05) is 0 Å². The van der Waals surface area contributed by atoms with Crippen molar-refractivity contribution >= 4 is 18.1 Å². The molecule has 2 amide bonds. The lowest BCUT2D eigenvalue weighted by Crippen LogP contribution is -2.29. The minimum absolute atomic E-state index is 0.00509. The van der Waals surface area contributed by atoms with Gasteiger partial charge in [0.1, 0.15) is 6.07 Å². The first-order chi connectivity index (χ1) is 10.2. The van der Waals surface area contributed by atoms with Gasteiger partial charge in [0.2, 0.25) is 0 Å². The summed E-state index contributed by atoms with van der Waals surface area (Å²) >= 11 is 0. The van der Waals surface area contributed by atoms with Crippen LogP contribution >= 0.6 is 0 Å². The molecule has 102 valence electrons. The van der Waals surface area contributed by atoms with Crippen molar-refractivity contribution in [2.24, 2.45) is 0 Å². The molecule has 6 nitrogen and oxygen atoms in total. The molecular formula is C15H9N3O3. The first-order valence-electron chi connectivity index (χ1n) is 6.18. The van der Waals surface area contributed by atoms with E-state index in [0.29, 0.717) is 23.1 Å². The minimum atomic E-state index is -0.378. The van der Waals surface area contributed by atoms with Crippen molar-refractivity contribution < 1.29 is 14.4 Å². The van der Waals surface area contributed by atoms with Crippen molar-refractivity contribution in [1.82, 2.24) is 9.88 Å². The Morgan fingerprint density at radius 3 is 2.29 bits per heavy atom. The summed E-state index contributed by atoms with van der Waals surface area (Å²) in [6.45, 7) is -0.00509. The molecule has 2 heterocycles. The maximum atomic E-state index is 12.2. The first kappa shape index (κ1) is 12.8.